The van der Waals surface area contributed by atoms with Gasteiger partial charge in [0.15, 0.2) is 6.04 Å². The predicted molar refractivity (Wildman–Crippen MR) is 66.6 cm³/mol. The molecule has 0 N–H and O–H groups in total. The largest absolute Gasteiger partial charge is 0.472 e. The molecular formula is C12H14ClNO3. The number of methoxy groups -OCH3 is 1. The van der Waals surface area contributed by atoms with Crippen molar-refractivity contribution in [2.45, 2.75) is 19.1 Å². The molecule has 0 aromatic heterocycles. The Bertz CT molecular complexity index is 419. The van der Waals surface area contributed by atoms with Crippen LogP contribution in [0.2, 0.25) is 0 Å². The highest BCUT2D eigenvalue weighted by Crippen LogP contribution is 2.18. The maximum atomic E-state index is 11.4. The van der Waals surface area contributed by atoms with Crippen molar-refractivity contribution >= 4 is 24.3 Å². The highest BCUT2D eigenvalue weighted by molar-refractivity contribution is 5.97. The number of benzene rings is 1. The number of esters is 1. The van der Waals surface area contributed by atoms with Crippen molar-refractivity contribution in [3.63, 3.8) is 0 Å². The number of hydrogen-bond acceptors (Lipinski definition) is 4. The lowest BCUT2D eigenvalue weighted by Crippen LogP contribution is -2.28. The predicted octanol–water partition coefficient (Wildman–Crippen LogP) is 1.82. The molecule has 0 saturated carbocycles. The number of halogens is 1. The van der Waals surface area contributed by atoms with Gasteiger partial charge in [-0.2, -0.15) is 0 Å². The van der Waals surface area contributed by atoms with Crippen LogP contribution in [0.1, 0.15) is 12.5 Å². The van der Waals surface area contributed by atoms with E-state index in [-0.39, 0.29) is 24.5 Å². The molecule has 0 spiro atoms. The van der Waals surface area contributed by atoms with E-state index in [0.29, 0.717) is 5.90 Å². The first-order valence-electron chi connectivity index (χ1n) is 5.10. The van der Waals surface area contributed by atoms with Crippen molar-refractivity contribution in [3.8, 4) is 0 Å². The average Bonchev–Trinajstić information content (AvgIpc) is 2.71. The van der Waals surface area contributed by atoms with Crippen LogP contribution in [0.15, 0.2) is 35.3 Å². The normalized spacial score (nSPS) is 22.1. The number of carbonyl (C=O) groups is 1. The van der Waals surface area contributed by atoms with E-state index in [1.807, 2.05) is 30.3 Å². The van der Waals surface area contributed by atoms with Crippen molar-refractivity contribution < 1.29 is 14.3 Å². The van der Waals surface area contributed by atoms with Crippen LogP contribution >= 0.6 is 12.4 Å². The van der Waals surface area contributed by atoms with Crippen LogP contribution in [0.4, 0.5) is 0 Å². The van der Waals surface area contributed by atoms with Crippen LogP contribution in [-0.2, 0) is 14.3 Å². The lowest BCUT2D eigenvalue weighted by Gasteiger charge is -2.09. The highest BCUT2D eigenvalue weighted by atomic mass is 35.5. The minimum Gasteiger partial charge on any atom is -0.472 e. The van der Waals surface area contributed by atoms with Gasteiger partial charge in [0.2, 0.25) is 5.90 Å². The van der Waals surface area contributed by atoms with Crippen molar-refractivity contribution in [1.29, 1.82) is 0 Å². The Kier molecular flexibility index (Phi) is 4.52. The molecule has 17 heavy (non-hydrogen) atoms. The minimum absolute atomic E-state index is 0. The molecule has 1 aliphatic heterocycles. The van der Waals surface area contributed by atoms with Crippen molar-refractivity contribution in [2.24, 2.45) is 4.99 Å². The summed E-state index contributed by atoms with van der Waals surface area (Å²) in [6.45, 7) is 1.81. The maximum Gasteiger partial charge on any atom is 0.334 e. The minimum atomic E-state index is -0.555. The van der Waals surface area contributed by atoms with E-state index in [1.54, 1.807) is 6.92 Å². The van der Waals surface area contributed by atoms with Gasteiger partial charge in [-0.3, -0.25) is 0 Å². The zero-order chi connectivity index (χ0) is 11.5. The van der Waals surface area contributed by atoms with E-state index >= 15 is 0 Å². The molecule has 2 rings (SSSR count). The molecule has 1 heterocycles. The smallest absolute Gasteiger partial charge is 0.334 e. The van der Waals surface area contributed by atoms with Crippen LogP contribution in [-0.4, -0.2) is 31.1 Å². The Morgan fingerprint density at radius 1 is 1.35 bits per heavy atom. The van der Waals surface area contributed by atoms with Crippen molar-refractivity contribution in [2.75, 3.05) is 7.11 Å². The Hall–Kier alpha value is -1.55. The van der Waals surface area contributed by atoms with Gasteiger partial charge in [0.05, 0.1) is 7.11 Å². The standard InChI is InChI=1S/C12H13NO3.ClH/c1-8-10(12(14)15-2)13-11(16-8)9-6-4-3-5-7-9;/h3-8,10H,1-2H3;1H. The molecule has 92 valence electrons. The molecule has 2 atom stereocenters. The second-order valence-electron chi connectivity index (χ2n) is 3.59. The third-order valence-corrected chi connectivity index (χ3v) is 2.46. The third kappa shape index (κ3) is 2.77. The fourth-order valence-corrected chi connectivity index (χ4v) is 1.59. The van der Waals surface area contributed by atoms with Crippen molar-refractivity contribution in [3.05, 3.63) is 35.9 Å². The Morgan fingerprint density at radius 3 is 2.59 bits per heavy atom. The molecule has 5 heteroatoms. The lowest BCUT2D eigenvalue weighted by molar-refractivity contribution is -0.143. The lowest BCUT2D eigenvalue weighted by atomic mass is 10.2. The Labute approximate surface area is 106 Å². The molecule has 0 amide bonds. The van der Waals surface area contributed by atoms with Gasteiger partial charge < -0.3 is 9.47 Å². The van der Waals surface area contributed by atoms with Crippen LogP contribution in [0.5, 0.6) is 0 Å². The average molecular weight is 256 g/mol. The molecular weight excluding hydrogens is 242 g/mol. The van der Waals surface area contributed by atoms with Gasteiger partial charge in [-0.15, -0.1) is 12.4 Å². The first-order valence-corrected chi connectivity index (χ1v) is 5.10. The second kappa shape index (κ2) is 5.68. The van der Waals surface area contributed by atoms with Gasteiger partial charge in [0.25, 0.3) is 0 Å². The van der Waals surface area contributed by atoms with Crippen LogP contribution in [0.3, 0.4) is 0 Å². The number of ether oxygens (including phenoxy) is 2. The molecule has 0 fully saturated rings. The van der Waals surface area contributed by atoms with E-state index in [1.165, 1.54) is 7.11 Å². The summed E-state index contributed by atoms with van der Waals surface area (Å²) in [6, 6.07) is 8.95. The third-order valence-electron chi connectivity index (χ3n) is 2.46. The van der Waals surface area contributed by atoms with Crippen LogP contribution in [0, 0.1) is 0 Å². The number of aliphatic imine (C=N–C) groups is 1. The van der Waals surface area contributed by atoms with Crippen LogP contribution < -0.4 is 0 Å². The number of hydrogen-bond donors (Lipinski definition) is 0. The van der Waals surface area contributed by atoms with E-state index in [9.17, 15) is 4.79 Å². The van der Waals surface area contributed by atoms with Gasteiger partial charge in [-0.25, -0.2) is 9.79 Å². The number of nitrogens with zero attached hydrogens (tertiary/aromatic N) is 1. The van der Waals surface area contributed by atoms with E-state index in [2.05, 4.69) is 9.73 Å². The number of rotatable bonds is 2. The Balaban J connectivity index is 0.00000144. The fourth-order valence-electron chi connectivity index (χ4n) is 1.59. The van der Waals surface area contributed by atoms with Gasteiger partial charge in [-0.1, -0.05) is 18.2 Å². The first-order chi connectivity index (χ1) is 7.72. The zero-order valence-electron chi connectivity index (χ0n) is 9.62. The summed E-state index contributed by atoms with van der Waals surface area (Å²) in [7, 11) is 1.35. The zero-order valence-corrected chi connectivity index (χ0v) is 10.4. The monoisotopic (exact) mass is 255 g/mol. The van der Waals surface area contributed by atoms with Crippen molar-refractivity contribution in [1.82, 2.24) is 0 Å². The summed E-state index contributed by atoms with van der Waals surface area (Å²) >= 11 is 0. The van der Waals surface area contributed by atoms with E-state index in [0.717, 1.165) is 5.56 Å². The van der Waals surface area contributed by atoms with Gasteiger partial charge in [0, 0.05) is 5.56 Å². The topological polar surface area (TPSA) is 47.9 Å². The fraction of sp³-hybridized carbons (Fsp3) is 0.333. The Morgan fingerprint density at radius 2 is 2.00 bits per heavy atom. The summed E-state index contributed by atoms with van der Waals surface area (Å²) in [5.74, 6) is 0.141. The molecule has 1 aliphatic rings. The molecule has 0 aliphatic carbocycles. The van der Waals surface area contributed by atoms with E-state index < -0.39 is 6.04 Å². The highest BCUT2D eigenvalue weighted by Gasteiger charge is 2.34. The number of carbonyl (C=O) groups excluding carboxylic acids is 1. The molecule has 1 aromatic carbocycles. The van der Waals surface area contributed by atoms with Crippen LogP contribution in [0.25, 0.3) is 0 Å². The SMILES string of the molecule is COC(=O)C1N=C(c2ccccc2)OC1C.Cl. The quantitative estimate of drug-likeness (QED) is 0.758. The molecule has 2 unspecified atom stereocenters. The summed E-state index contributed by atoms with van der Waals surface area (Å²) in [5, 5.41) is 0. The summed E-state index contributed by atoms with van der Waals surface area (Å²) in [4.78, 5) is 15.6. The van der Waals surface area contributed by atoms with Gasteiger partial charge in [0.1, 0.15) is 6.10 Å². The molecule has 0 bridgehead atoms. The summed E-state index contributed by atoms with van der Waals surface area (Å²) < 4.78 is 10.2. The maximum absolute atomic E-state index is 11.4. The van der Waals surface area contributed by atoms with E-state index in [4.69, 9.17) is 4.74 Å². The van der Waals surface area contributed by atoms with Gasteiger partial charge >= 0.3 is 5.97 Å². The molecule has 0 radical (unpaired) electrons. The first kappa shape index (κ1) is 13.5. The summed E-state index contributed by atoms with van der Waals surface area (Å²) in [6.07, 6.45) is -0.275. The molecule has 0 saturated heterocycles. The second-order valence-corrected chi connectivity index (χ2v) is 3.59. The molecule has 4 nitrogen and oxygen atoms in total. The van der Waals surface area contributed by atoms with Gasteiger partial charge in [-0.05, 0) is 19.1 Å². The molecule has 1 aromatic rings. The summed E-state index contributed by atoms with van der Waals surface area (Å²) in [5.41, 5.74) is 0.876.